The number of nitrogens with zero attached hydrogens (tertiary/aromatic N) is 2. The Kier molecular flexibility index (Phi) is 6.52. The van der Waals surface area contributed by atoms with Crippen molar-refractivity contribution in [1.29, 1.82) is 0 Å². The van der Waals surface area contributed by atoms with Gasteiger partial charge in [-0.2, -0.15) is 0 Å². The maximum atomic E-state index is 12.8. The second-order valence-corrected chi connectivity index (χ2v) is 7.33. The molecule has 0 N–H and O–H groups in total. The number of imide groups is 1. The maximum absolute atomic E-state index is 12.8. The molecule has 0 aromatic heterocycles. The molecule has 0 aliphatic carbocycles. The molecule has 0 spiro atoms. The van der Waals surface area contributed by atoms with Crippen molar-refractivity contribution in [2.24, 2.45) is 0 Å². The average molecular weight is 393 g/mol. The van der Waals surface area contributed by atoms with Crippen molar-refractivity contribution < 1.29 is 19.1 Å². The predicted molar refractivity (Wildman–Crippen MR) is 104 cm³/mol. The summed E-state index contributed by atoms with van der Waals surface area (Å²) in [5, 5.41) is -0.0103. The van der Waals surface area contributed by atoms with Crippen molar-refractivity contribution in [3.05, 3.63) is 34.9 Å². The number of morpholine rings is 1. The van der Waals surface area contributed by atoms with Crippen LogP contribution >= 0.6 is 11.6 Å². The quantitative estimate of drug-likeness (QED) is 0.667. The second-order valence-electron chi connectivity index (χ2n) is 6.95. The van der Waals surface area contributed by atoms with Gasteiger partial charge < -0.3 is 9.47 Å². The van der Waals surface area contributed by atoms with Crippen molar-refractivity contribution >= 4 is 29.0 Å². The molecule has 0 saturated carbocycles. The van der Waals surface area contributed by atoms with Crippen LogP contribution in [0.2, 0.25) is 0 Å². The highest BCUT2D eigenvalue weighted by atomic mass is 35.5. The van der Waals surface area contributed by atoms with Crippen LogP contribution in [0.1, 0.15) is 25.8 Å². The molecule has 6 nitrogen and oxygen atoms in total. The molecule has 2 aliphatic heterocycles. The number of ether oxygens (including phenoxy) is 2. The van der Waals surface area contributed by atoms with Crippen LogP contribution in [-0.4, -0.2) is 67.1 Å². The van der Waals surface area contributed by atoms with Crippen LogP contribution in [0, 0.1) is 0 Å². The standard InChI is InChI=1S/C20H25ClN2O4/c1-14(2)27-16-6-4-15(5-7-16)17-18(21)20(25)23(19(17)24)9-3-8-22-10-12-26-13-11-22/h4-7,14H,3,8-13H2,1-2H3. The third-order valence-electron chi connectivity index (χ3n) is 4.59. The van der Waals surface area contributed by atoms with E-state index < -0.39 is 5.91 Å². The van der Waals surface area contributed by atoms with Crippen LogP contribution in [0.15, 0.2) is 29.3 Å². The smallest absolute Gasteiger partial charge is 0.273 e. The third kappa shape index (κ3) is 4.69. The van der Waals surface area contributed by atoms with Gasteiger partial charge in [0.15, 0.2) is 0 Å². The molecule has 0 radical (unpaired) electrons. The number of rotatable bonds is 7. The highest BCUT2D eigenvalue weighted by molar-refractivity contribution is 6.55. The lowest BCUT2D eigenvalue weighted by molar-refractivity contribution is -0.136. The highest BCUT2D eigenvalue weighted by Crippen LogP contribution is 2.32. The summed E-state index contributed by atoms with van der Waals surface area (Å²) in [6.07, 6.45) is 0.783. The monoisotopic (exact) mass is 392 g/mol. The number of carbonyl (C=O) groups is 2. The van der Waals surface area contributed by atoms with Crippen molar-refractivity contribution in [2.45, 2.75) is 26.4 Å². The maximum Gasteiger partial charge on any atom is 0.273 e. The van der Waals surface area contributed by atoms with E-state index in [0.717, 1.165) is 39.3 Å². The van der Waals surface area contributed by atoms with Crippen molar-refractivity contribution in [2.75, 3.05) is 39.4 Å². The topological polar surface area (TPSA) is 59.1 Å². The minimum atomic E-state index is -0.416. The molecule has 2 aliphatic rings. The summed E-state index contributed by atoms with van der Waals surface area (Å²) in [6, 6.07) is 7.09. The van der Waals surface area contributed by atoms with Crippen LogP contribution in [0.4, 0.5) is 0 Å². The van der Waals surface area contributed by atoms with Gasteiger partial charge in [0.05, 0.1) is 24.9 Å². The molecule has 27 heavy (non-hydrogen) atoms. The number of benzene rings is 1. The Morgan fingerprint density at radius 2 is 1.74 bits per heavy atom. The summed E-state index contributed by atoms with van der Waals surface area (Å²) >= 11 is 6.21. The Morgan fingerprint density at radius 1 is 1.07 bits per heavy atom. The summed E-state index contributed by atoms with van der Waals surface area (Å²) in [7, 11) is 0. The van der Waals surface area contributed by atoms with E-state index in [1.165, 1.54) is 4.90 Å². The van der Waals surface area contributed by atoms with Gasteiger partial charge in [-0.1, -0.05) is 23.7 Å². The molecule has 1 aromatic carbocycles. The number of hydrogen-bond acceptors (Lipinski definition) is 5. The Labute approximate surface area is 164 Å². The molecule has 3 rings (SSSR count). The fourth-order valence-electron chi connectivity index (χ4n) is 3.25. The summed E-state index contributed by atoms with van der Waals surface area (Å²) in [5.74, 6) is -0.0322. The van der Waals surface area contributed by atoms with E-state index in [0.29, 0.717) is 17.9 Å². The van der Waals surface area contributed by atoms with Gasteiger partial charge in [-0.3, -0.25) is 19.4 Å². The first-order valence-corrected chi connectivity index (χ1v) is 9.68. The summed E-state index contributed by atoms with van der Waals surface area (Å²) in [4.78, 5) is 28.7. The zero-order chi connectivity index (χ0) is 19.4. The lowest BCUT2D eigenvalue weighted by Gasteiger charge is -2.27. The molecule has 1 aromatic rings. The molecule has 7 heteroatoms. The van der Waals surface area contributed by atoms with Crippen molar-refractivity contribution in [3.63, 3.8) is 0 Å². The molecule has 2 amide bonds. The van der Waals surface area contributed by atoms with Crippen LogP contribution in [0.3, 0.4) is 0 Å². The van der Waals surface area contributed by atoms with Crippen LogP contribution in [0.5, 0.6) is 5.75 Å². The molecule has 1 saturated heterocycles. The van der Waals surface area contributed by atoms with Gasteiger partial charge >= 0.3 is 0 Å². The van der Waals surface area contributed by atoms with Gasteiger partial charge in [0.25, 0.3) is 11.8 Å². The third-order valence-corrected chi connectivity index (χ3v) is 4.94. The zero-order valence-electron chi connectivity index (χ0n) is 15.7. The Morgan fingerprint density at radius 3 is 2.37 bits per heavy atom. The fraction of sp³-hybridized carbons (Fsp3) is 0.500. The summed E-state index contributed by atoms with van der Waals surface area (Å²) < 4.78 is 10.9. The van der Waals surface area contributed by atoms with E-state index in [2.05, 4.69) is 4.90 Å². The molecule has 2 heterocycles. The molecule has 0 unspecified atom stereocenters. The van der Waals surface area contributed by atoms with Crippen molar-refractivity contribution in [3.8, 4) is 5.75 Å². The lowest BCUT2D eigenvalue weighted by atomic mass is 10.1. The Balaban J connectivity index is 1.63. The number of carbonyl (C=O) groups excluding carboxylic acids is 2. The SMILES string of the molecule is CC(C)Oc1ccc(C2=C(Cl)C(=O)N(CCCN3CCOCC3)C2=O)cc1. The normalized spacial score (nSPS) is 18.7. The minimum absolute atomic E-state index is 0.0103. The molecular formula is C20H25ClN2O4. The minimum Gasteiger partial charge on any atom is -0.491 e. The van der Waals surface area contributed by atoms with Gasteiger partial charge in [0.2, 0.25) is 0 Å². The molecule has 0 atom stereocenters. The predicted octanol–water partition coefficient (Wildman–Crippen LogP) is 2.51. The van der Waals surface area contributed by atoms with Crippen LogP contribution < -0.4 is 4.74 Å². The molecule has 0 bridgehead atoms. The average Bonchev–Trinajstić information content (AvgIpc) is 2.86. The van der Waals surface area contributed by atoms with E-state index >= 15 is 0 Å². The van der Waals surface area contributed by atoms with Crippen LogP contribution in [-0.2, 0) is 14.3 Å². The Hall–Kier alpha value is -1.89. The lowest BCUT2D eigenvalue weighted by Crippen LogP contribution is -2.39. The number of halogens is 1. The van der Waals surface area contributed by atoms with E-state index in [4.69, 9.17) is 21.1 Å². The van der Waals surface area contributed by atoms with Gasteiger partial charge in [0, 0.05) is 26.2 Å². The second kappa shape index (κ2) is 8.87. The largest absolute Gasteiger partial charge is 0.491 e. The fourth-order valence-corrected chi connectivity index (χ4v) is 3.54. The van der Waals surface area contributed by atoms with Gasteiger partial charge in [-0.25, -0.2) is 0 Å². The van der Waals surface area contributed by atoms with E-state index in [-0.39, 0.29) is 22.6 Å². The molecule has 1 fully saturated rings. The number of amides is 2. The highest BCUT2D eigenvalue weighted by Gasteiger charge is 2.37. The summed E-state index contributed by atoms with van der Waals surface area (Å²) in [5.41, 5.74) is 0.897. The Bertz CT molecular complexity index is 724. The first kappa shape index (κ1) is 19.9. The van der Waals surface area contributed by atoms with E-state index in [1.54, 1.807) is 24.3 Å². The van der Waals surface area contributed by atoms with Gasteiger partial charge in [-0.15, -0.1) is 0 Å². The van der Waals surface area contributed by atoms with E-state index in [9.17, 15) is 9.59 Å². The van der Waals surface area contributed by atoms with Gasteiger partial charge in [-0.05, 0) is 38.0 Å². The van der Waals surface area contributed by atoms with Gasteiger partial charge in [0.1, 0.15) is 10.8 Å². The molecular weight excluding hydrogens is 368 g/mol. The zero-order valence-corrected chi connectivity index (χ0v) is 16.5. The summed E-state index contributed by atoms with van der Waals surface area (Å²) in [6.45, 7) is 8.32. The van der Waals surface area contributed by atoms with E-state index in [1.807, 2.05) is 13.8 Å². The number of hydrogen-bond donors (Lipinski definition) is 0. The van der Waals surface area contributed by atoms with Crippen LogP contribution in [0.25, 0.3) is 5.57 Å². The first-order chi connectivity index (χ1) is 13.0. The molecule has 146 valence electrons. The van der Waals surface area contributed by atoms with Crippen molar-refractivity contribution in [1.82, 2.24) is 9.80 Å². The first-order valence-electron chi connectivity index (χ1n) is 9.30.